The van der Waals surface area contributed by atoms with Crippen LogP contribution in [0, 0.1) is 0 Å². The Morgan fingerprint density at radius 2 is 1.89 bits per heavy atom. The van der Waals surface area contributed by atoms with E-state index in [1.54, 1.807) is 6.07 Å². The maximum atomic E-state index is 13.2. The van der Waals surface area contributed by atoms with Gasteiger partial charge in [0.05, 0.1) is 22.5 Å². The molecule has 0 atom stereocenters. The smallest absolute Gasteiger partial charge is 0.381 e. The molecule has 2 rings (SSSR count). The van der Waals surface area contributed by atoms with Crippen LogP contribution < -0.4 is 10.2 Å². The average Bonchev–Trinajstić information content (AvgIpc) is 2.25. The van der Waals surface area contributed by atoms with Gasteiger partial charge in [-0.15, -0.1) is 0 Å². The lowest BCUT2D eigenvalue weighted by Gasteiger charge is -2.49. The third-order valence-electron chi connectivity index (χ3n) is 3.46. The highest BCUT2D eigenvalue weighted by Crippen LogP contribution is 2.46. The van der Waals surface area contributed by atoms with Crippen LogP contribution in [0.3, 0.4) is 0 Å². The van der Waals surface area contributed by atoms with Gasteiger partial charge in [0.25, 0.3) is 0 Å². The summed E-state index contributed by atoms with van der Waals surface area (Å²) in [5, 5.41) is 3.11. The van der Waals surface area contributed by atoms with Gasteiger partial charge in [-0.25, -0.2) is 0 Å². The largest absolute Gasteiger partial charge is 0.418 e. The lowest BCUT2D eigenvalue weighted by Crippen LogP contribution is -2.55. The van der Waals surface area contributed by atoms with E-state index in [2.05, 4.69) is 5.32 Å². The van der Waals surface area contributed by atoms with Crippen molar-refractivity contribution >= 4 is 11.4 Å². The first-order valence-corrected chi connectivity index (χ1v) is 6.38. The number of benzene rings is 1. The fourth-order valence-electron chi connectivity index (χ4n) is 2.83. The van der Waals surface area contributed by atoms with Crippen LogP contribution in [0.5, 0.6) is 0 Å². The van der Waals surface area contributed by atoms with Gasteiger partial charge in [-0.1, -0.05) is 6.07 Å². The Morgan fingerprint density at radius 1 is 1.26 bits per heavy atom. The molecule has 1 N–H and O–H groups in total. The molecule has 0 aromatic heterocycles. The molecule has 0 amide bonds. The number of fused-ring (bicyclic) bond motifs is 1. The zero-order valence-electron chi connectivity index (χ0n) is 11.6. The highest BCUT2D eigenvalue weighted by molar-refractivity contribution is 5.78. The number of rotatable bonds is 1. The number of para-hydroxylation sites is 1. The summed E-state index contributed by atoms with van der Waals surface area (Å²) in [6, 6.07) is 4.30. The number of halogens is 3. The first-order chi connectivity index (χ1) is 8.64. The second-order valence-corrected chi connectivity index (χ2v) is 5.83. The molecule has 1 aromatic rings. The molecular weight excluding hydrogens is 253 g/mol. The van der Waals surface area contributed by atoms with E-state index in [0.717, 1.165) is 6.07 Å². The average molecular weight is 272 g/mol. The first kappa shape index (κ1) is 14.0. The number of hydrogen-bond donors (Lipinski definition) is 1. The predicted octanol–water partition coefficient (Wildman–Crippen LogP) is 4.12. The Morgan fingerprint density at radius 3 is 2.42 bits per heavy atom. The van der Waals surface area contributed by atoms with E-state index in [0.29, 0.717) is 12.2 Å². The SMILES string of the molecule is CC(C)N1c2c(cccc2C(F)(F)F)NCC1(C)C. The molecule has 5 heteroatoms. The number of nitrogens with one attached hydrogen (secondary N) is 1. The molecule has 1 aromatic carbocycles. The van der Waals surface area contributed by atoms with E-state index in [1.807, 2.05) is 32.6 Å². The highest BCUT2D eigenvalue weighted by Gasteiger charge is 2.42. The van der Waals surface area contributed by atoms with Crippen molar-refractivity contribution in [2.45, 2.75) is 45.5 Å². The molecule has 1 heterocycles. The van der Waals surface area contributed by atoms with Crippen molar-refractivity contribution in [2.24, 2.45) is 0 Å². The lowest BCUT2D eigenvalue weighted by atomic mass is 9.93. The lowest BCUT2D eigenvalue weighted by molar-refractivity contribution is -0.137. The molecule has 0 unspecified atom stereocenters. The summed E-state index contributed by atoms with van der Waals surface area (Å²) in [6.45, 7) is 8.37. The second-order valence-electron chi connectivity index (χ2n) is 5.83. The molecule has 1 aliphatic rings. The quantitative estimate of drug-likeness (QED) is 0.827. The molecule has 1 aliphatic heterocycles. The highest BCUT2D eigenvalue weighted by atomic mass is 19.4. The van der Waals surface area contributed by atoms with Crippen LogP contribution in [0.2, 0.25) is 0 Å². The predicted molar refractivity (Wildman–Crippen MR) is 71.6 cm³/mol. The maximum absolute atomic E-state index is 13.2. The van der Waals surface area contributed by atoms with Gasteiger partial charge in [-0.05, 0) is 39.8 Å². The van der Waals surface area contributed by atoms with Gasteiger partial charge < -0.3 is 10.2 Å². The molecule has 19 heavy (non-hydrogen) atoms. The summed E-state index contributed by atoms with van der Waals surface area (Å²) in [4.78, 5) is 1.86. The van der Waals surface area contributed by atoms with E-state index in [9.17, 15) is 13.2 Å². The van der Waals surface area contributed by atoms with Crippen LogP contribution >= 0.6 is 0 Å². The van der Waals surface area contributed by atoms with Crippen molar-refractivity contribution in [2.75, 3.05) is 16.8 Å². The van der Waals surface area contributed by atoms with Gasteiger partial charge in [0.2, 0.25) is 0 Å². The van der Waals surface area contributed by atoms with E-state index in [4.69, 9.17) is 0 Å². The second kappa shape index (κ2) is 4.32. The van der Waals surface area contributed by atoms with Gasteiger partial charge in [0.15, 0.2) is 0 Å². The third-order valence-corrected chi connectivity index (χ3v) is 3.46. The summed E-state index contributed by atoms with van der Waals surface area (Å²) in [5.74, 6) is 0. The fraction of sp³-hybridized carbons (Fsp3) is 0.571. The van der Waals surface area contributed by atoms with Crippen LogP contribution in [0.15, 0.2) is 18.2 Å². The third kappa shape index (κ3) is 2.38. The molecule has 2 nitrogen and oxygen atoms in total. The van der Waals surface area contributed by atoms with Crippen LogP contribution in [-0.2, 0) is 6.18 Å². The zero-order valence-corrected chi connectivity index (χ0v) is 11.6. The first-order valence-electron chi connectivity index (χ1n) is 6.38. The molecule has 106 valence electrons. The topological polar surface area (TPSA) is 15.3 Å². The van der Waals surface area contributed by atoms with Crippen LogP contribution in [0.1, 0.15) is 33.3 Å². The van der Waals surface area contributed by atoms with Gasteiger partial charge in [-0.2, -0.15) is 13.2 Å². The Labute approximate surface area is 111 Å². The van der Waals surface area contributed by atoms with Crippen molar-refractivity contribution in [1.82, 2.24) is 0 Å². The molecular formula is C14H19F3N2. The van der Waals surface area contributed by atoms with Gasteiger partial charge in [0, 0.05) is 12.6 Å². The Balaban J connectivity index is 2.67. The van der Waals surface area contributed by atoms with E-state index in [-0.39, 0.29) is 17.3 Å². The minimum Gasteiger partial charge on any atom is -0.381 e. The van der Waals surface area contributed by atoms with Crippen molar-refractivity contribution in [3.05, 3.63) is 23.8 Å². The number of hydrogen-bond acceptors (Lipinski definition) is 2. The number of alkyl halides is 3. The van der Waals surface area contributed by atoms with E-state index >= 15 is 0 Å². The van der Waals surface area contributed by atoms with Crippen LogP contribution in [-0.4, -0.2) is 18.1 Å². The molecule has 0 bridgehead atoms. The van der Waals surface area contributed by atoms with Crippen molar-refractivity contribution in [3.63, 3.8) is 0 Å². The summed E-state index contributed by atoms with van der Waals surface area (Å²) in [6.07, 6.45) is -4.34. The van der Waals surface area contributed by atoms with Gasteiger partial charge in [0.1, 0.15) is 0 Å². The summed E-state index contributed by atoms with van der Waals surface area (Å²) in [5.41, 5.74) is -0.106. The summed E-state index contributed by atoms with van der Waals surface area (Å²) >= 11 is 0. The van der Waals surface area contributed by atoms with E-state index in [1.165, 1.54) is 6.07 Å². The van der Waals surface area contributed by atoms with Crippen LogP contribution in [0.4, 0.5) is 24.5 Å². The molecule has 0 fully saturated rings. The van der Waals surface area contributed by atoms with E-state index < -0.39 is 11.7 Å². The number of nitrogens with zero attached hydrogens (tertiary/aromatic N) is 1. The Hall–Kier alpha value is -1.39. The molecule has 0 spiro atoms. The minimum absolute atomic E-state index is 0.000602. The Kier molecular flexibility index (Phi) is 3.19. The molecule has 0 saturated heterocycles. The Bertz CT molecular complexity index is 478. The van der Waals surface area contributed by atoms with Gasteiger partial charge >= 0.3 is 6.18 Å². The monoisotopic (exact) mass is 272 g/mol. The number of anilines is 2. The van der Waals surface area contributed by atoms with Crippen LogP contribution in [0.25, 0.3) is 0 Å². The van der Waals surface area contributed by atoms with Crippen molar-refractivity contribution in [3.8, 4) is 0 Å². The minimum atomic E-state index is -4.34. The van der Waals surface area contributed by atoms with Gasteiger partial charge in [-0.3, -0.25) is 0 Å². The van der Waals surface area contributed by atoms with Crippen molar-refractivity contribution in [1.29, 1.82) is 0 Å². The normalized spacial score (nSPS) is 18.2. The summed E-state index contributed by atoms with van der Waals surface area (Å²) in [7, 11) is 0. The zero-order chi connectivity index (χ0) is 14.4. The molecule has 0 aliphatic carbocycles. The molecule has 0 saturated carbocycles. The molecule has 0 radical (unpaired) electrons. The standard InChI is InChI=1S/C14H19F3N2/c1-9(2)19-12-10(14(15,16)17)6-5-7-11(12)18-8-13(19,3)4/h5-7,9,18H,8H2,1-4H3. The summed E-state index contributed by atoms with van der Waals surface area (Å²) < 4.78 is 39.6. The maximum Gasteiger partial charge on any atom is 0.418 e. The fourth-order valence-corrected chi connectivity index (χ4v) is 2.83. The van der Waals surface area contributed by atoms with Crippen molar-refractivity contribution < 1.29 is 13.2 Å².